The Kier molecular flexibility index (Phi) is 30.1. The number of carbonyl (C=O) groups excluding carboxylic acids is 9. The summed E-state index contributed by atoms with van der Waals surface area (Å²) in [5.74, 6) is -6.38. The highest BCUT2D eigenvalue weighted by Crippen LogP contribution is 2.29. The summed E-state index contributed by atoms with van der Waals surface area (Å²) < 4.78 is 0. The number of rotatable bonds is 22. The average molecular weight is 1280 g/mol. The van der Waals surface area contributed by atoms with E-state index in [0.29, 0.717) is 115 Å². The largest absolute Gasteiger partial charge is 0.480 e. The summed E-state index contributed by atoms with van der Waals surface area (Å²) >= 11 is 2.72. The number of aliphatic carboxylic acids is 1. The molecule has 10 amide bonds. The van der Waals surface area contributed by atoms with Gasteiger partial charge in [-0.3, -0.25) is 43.3 Å². The van der Waals surface area contributed by atoms with Gasteiger partial charge in [-0.2, -0.15) is 23.5 Å². The highest BCUT2D eigenvalue weighted by Gasteiger charge is 2.44. The first-order valence-corrected chi connectivity index (χ1v) is 33.5. The fraction of sp³-hybridized carbons (Fsp3) is 0.623. The number of carboxylic acid groups (broad SMARTS) is 1. The van der Waals surface area contributed by atoms with Crippen molar-refractivity contribution in [2.45, 2.75) is 132 Å². The zero-order valence-electron chi connectivity index (χ0n) is 51.4. The van der Waals surface area contributed by atoms with Crippen molar-refractivity contribution in [1.29, 1.82) is 0 Å². The summed E-state index contributed by atoms with van der Waals surface area (Å²) in [5.41, 5.74) is 20.3. The van der Waals surface area contributed by atoms with Crippen LogP contribution in [0, 0.1) is 11.8 Å². The molecule has 0 aliphatic carbocycles. The summed E-state index contributed by atoms with van der Waals surface area (Å²) in [4.78, 5) is 150. The lowest BCUT2D eigenvalue weighted by atomic mass is 10.0. The number of nitrogens with two attached hydrogens (primary N) is 3. The van der Waals surface area contributed by atoms with Crippen molar-refractivity contribution in [3.8, 4) is 0 Å². The zero-order chi connectivity index (χ0) is 64.2. The fourth-order valence-corrected chi connectivity index (χ4v) is 13.3. The minimum atomic E-state index is -1.45. The molecule has 0 saturated carbocycles. The molecule has 26 nitrogen and oxygen atoms in total. The molecule has 4 aliphatic rings. The predicted octanol–water partition coefficient (Wildman–Crippen LogP) is -0.356. The van der Waals surface area contributed by atoms with Crippen LogP contribution in [0.4, 0.5) is 4.79 Å². The maximum absolute atomic E-state index is 14.9. The molecule has 3 saturated heterocycles. The van der Waals surface area contributed by atoms with Crippen LogP contribution in [0.25, 0.3) is 0 Å². The van der Waals surface area contributed by atoms with Gasteiger partial charge >= 0.3 is 12.0 Å². The average Bonchev–Trinajstić information content (AvgIpc) is 2.09. The minimum Gasteiger partial charge on any atom is -0.480 e. The van der Waals surface area contributed by atoms with Gasteiger partial charge in [-0.25, -0.2) is 14.6 Å². The Bertz CT molecular complexity index is 2730. The van der Waals surface area contributed by atoms with Crippen molar-refractivity contribution in [1.82, 2.24) is 56.8 Å². The van der Waals surface area contributed by atoms with Gasteiger partial charge in [-0.1, -0.05) is 68.8 Å². The molecule has 2 aromatic rings. The Morgan fingerprint density at radius 2 is 1.30 bits per heavy atom. The zero-order valence-corrected chi connectivity index (χ0v) is 53.1. The number of primary amides is 1. The van der Waals surface area contributed by atoms with Crippen LogP contribution in [-0.2, 0) is 67.6 Å². The van der Waals surface area contributed by atoms with Gasteiger partial charge in [0.25, 0.3) is 0 Å². The van der Waals surface area contributed by atoms with E-state index in [0.717, 1.165) is 29.5 Å². The number of urea groups is 1. The second-order valence-electron chi connectivity index (χ2n) is 23.0. The number of amides is 10. The Morgan fingerprint density at radius 3 is 1.92 bits per heavy atom. The van der Waals surface area contributed by atoms with Crippen LogP contribution < -0.4 is 54.4 Å². The number of nitrogens with one attached hydrogen (secondary N) is 7. The maximum Gasteiger partial charge on any atom is 0.340 e. The van der Waals surface area contributed by atoms with E-state index in [1.54, 1.807) is 37.3 Å². The third-order valence-corrected chi connectivity index (χ3v) is 18.4. The SMILES string of the molecule is CCCCNC(=O)/N=C/C1CSCc2cc(cc(CN3CCN(C(=O)C(CNCCN)CNCCN)CC3)c2)CSC[C@@H](C(=O)O)NC(=O)[C@H](Cc2ccccc2)NC(=O)[C@H](CCC(N)=O)NC(=O)[C@H](CC)NC(=O)[C@@H]2CCCN2C(=O)[C@@H]2CCCN2C1=O. The van der Waals surface area contributed by atoms with Gasteiger partial charge in [0.1, 0.15) is 36.3 Å². The van der Waals surface area contributed by atoms with E-state index in [1.165, 1.54) is 39.5 Å². The van der Waals surface area contributed by atoms with Crippen molar-refractivity contribution in [3.63, 3.8) is 0 Å². The summed E-state index contributed by atoms with van der Waals surface area (Å²) in [7, 11) is 0. The van der Waals surface area contributed by atoms with Crippen LogP contribution in [0.2, 0.25) is 0 Å². The number of nitrogens with zero attached hydrogens (tertiary/aromatic N) is 5. The second-order valence-corrected chi connectivity index (χ2v) is 25.1. The van der Waals surface area contributed by atoms with Crippen LogP contribution >= 0.6 is 23.5 Å². The topological polar surface area (TPSA) is 379 Å². The highest BCUT2D eigenvalue weighted by molar-refractivity contribution is 7.98. The van der Waals surface area contributed by atoms with E-state index in [9.17, 15) is 53.1 Å². The van der Waals surface area contributed by atoms with Crippen molar-refractivity contribution in [3.05, 3.63) is 70.8 Å². The quantitative estimate of drug-likeness (QED) is 0.0530. The summed E-state index contributed by atoms with van der Waals surface area (Å²) in [6.45, 7) is 10.3. The molecule has 0 radical (unpaired) electrons. The number of thioether (sulfide) groups is 2. The van der Waals surface area contributed by atoms with E-state index >= 15 is 0 Å². The number of fused-ring (bicyclic) bond motifs is 4. The van der Waals surface area contributed by atoms with Crippen molar-refractivity contribution >= 4 is 89.0 Å². The Morgan fingerprint density at radius 1 is 0.708 bits per heavy atom. The molecule has 6 rings (SSSR count). The van der Waals surface area contributed by atoms with Gasteiger partial charge in [-0.05, 0) is 67.2 Å². The van der Waals surface area contributed by atoms with Crippen molar-refractivity contribution < 1.29 is 53.1 Å². The van der Waals surface area contributed by atoms with Crippen LogP contribution in [0.3, 0.4) is 0 Å². The molecule has 14 N–H and O–H groups in total. The molecule has 1 unspecified atom stereocenters. The second kappa shape index (κ2) is 37.5. The lowest BCUT2D eigenvalue weighted by Gasteiger charge is -2.36. The van der Waals surface area contributed by atoms with Crippen molar-refractivity contribution in [2.75, 3.05) is 96.6 Å². The van der Waals surface area contributed by atoms with E-state index in [1.807, 2.05) is 24.0 Å². The standard InChI is InChI=1S/C61H93N15O11S2/c1-3-5-19-67-61(87)68-34-45-38-88-36-42-28-41(35-73-24-26-74(27-25-73)57(82)44(32-65-20-17-62)33-66-21-18-63)29-43(30-42)37-89-39-49(60(85)86)72-55(80)48(31-40-11-7-6-8-12-40)71-54(79)47(15-16-52(64)77)70-53(78)46(4-2)69-56(81)50-13-9-22-75(50)59(84)51-14-10-23-76(51)58(45)83/h6-8,11-12,28-30,34,44-51,65-66H,3-5,9-10,13-27,31-33,35-39,62-63H2,1-2H3,(H2,64,77)(H,67,87)(H,69,81)(H,70,78)(H,71,79)(H,72,80)(H,85,86)/b68-34+/t45?,46-,47-,48-,49-,50-,51-/m0/s1. The molecule has 2 bridgehead atoms. The minimum absolute atomic E-state index is 0.0426. The van der Waals surface area contributed by atoms with Crippen LogP contribution in [-0.4, -0.2) is 223 Å². The third-order valence-electron chi connectivity index (χ3n) is 16.1. The number of aliphatic imine (C=N–C) groups is 1. The lowest BCUT2D eigenvalue weighted by molar-refractivity contribution is -0.147. The van der Waals surface area contributed by atoms with E-state index in [-0.39, 0.29) is 68.5 Å². The van der Waals surface area contributed by atoms with Gasteiger partial charge in [0, 0.05) is 134 Å². The van der Waals surface area contributed by atoms with Crippen molar-refractivity contribution in [2.24, 2.45) is 34.0 Å². The van der Waals surface area contributed by atoms with Gasteiger partial charge in [0.2, 0.25) is 47.3 Å². The normalized spacial score (nSPS) is 23.4. The molecular weight excluding hydrogens is 1180 g/mol. The van der Waals surface area contributed by atoms with Gasteiger partial charge in [-0.15, -0.1) is 0 Å². The van der Waals surface area contributed by atoms with Gasteiger partial charge < -0.3 is 74.2 Å². The summed E-state index contributed by atoms with van der Waals surface area (Å²) in [6, 6.07) is 6.91. The number of hydrogen-bond acceptors (Lipinski definition) is 17. The maximum atomic E-state index is 14.9. The van der Waals surface area contributed by atoms with E-state index < -0.39 is 95.5 Å². The molecule has 4 heterocycles. The van der Waals surface area contributed by atoms with Crippen LogP contribution in [0.1, 0.15) is 93.9 Å². The number of piperazine rings is 1. The Hall–Kier alpha value is -6.69. The van der Waals surface area contributed by atoms with E-state index in [4.69, 9.17) is 17.2 Å². The molecule has 28 heteroatoms. The Balaban J connectivity index is 1.32. The van der Waals surface area contributed by atoms with E-state index in [2.05, 4.69) is 53.2 Å². The molecule has 0 spiro atoms. The first-order chi connectivity index (χ1) is 42.9. The molecule has 4 aliphatic heterocycles. The number of carboxylic acids is 1. The number of unbranched alkanes of at least 4 members (excludes halogenated alkanes) is 1. The molecule has 7 atom stereocenters. The summed E-state index contributed by atoms with van der Waals surface area (Å²) in [6.07, 6.45) is 3.86. The smallest absolute Gasteiger partial charge is 0.340 e. The number of carbonyl (C=O) groups is 10. The number of benzene rings is 2. The first kappa shape index (κ1) is 71.4. The van der Waals surface area contributed by atoms with Gasteiger partial charge in [0.05, 0.1) is 11.8 Å². The van der Waals surface area contributed by atoms with Crippen LogP contribution in [0.5, 0.6) is 0 Å². The fourth-order valence-electron chi connectivity index (χ4n) is 11.3. The molecule has 3 fully saturated rings. The summed E-state index contributed by atoms with van der Waals surface area (Å²) in [5, 5.41) is 30.6. The number of hydrogen-bond donors (Lipinski definition) is 11. The molecule has 89 heavy (non-hydrogen) atoms. The lowest BCUT2D eigenvalue weighted by Crippen LogP contribution is -2.59. The molecule has 0 aromatic heterocycles. The van der Waals surface area contributed by atoms with Crippen LogP contribution in [0.15, 0.2) is 53.5 Å². The third kappa shape index (κ3) is 22.6. The highest BCUT2D eigenvalue weighted by atomic mass is 32.2. The molecule has 2 aromatic carbocycles. The monoisotopic (exact) mass is 1280 g/mol. The molecule has 490 valence electrons. The van der Waals surface area contributed by atoms with Gasteiger partial charge in [0.15, 0.2) is 0 Å². The molecular formula is C61H93N15O11S2. The Labute approximate surface area is 530 Å². The first-order valence-electron chi connectivity index (χ1n) is 31.2. The predicted molar refractivity (Wildman–Crippen MR) is 342 cm³/mol.